The van der Waals surface area contributed by atoms with Crippen molar-refractivity contribution in [3.05, 3.63) is 30.2 Å². The molecule has 0 saturated carbocycles. The molecule has 3 heterocycles. The molecule has 1 N–H and O–H groups in total. The Labute approximate surface area is 153 Å². The van der Waals surface area contributed by atoms with Crippen molar-refractivity contribution in [2.45, 2.75) is 19.8 Å². The van der Waals surface area contributed by atoms with Crippen LogP contribution in [0.1, 0.15) is 25.6 Å². The van der Waals surface area contributed by atoms with Gasteiger partial charge >= 0.3 is 6.01 Å². The van der Waals surface area contributed by atoms with Crippen molar-refractivity contribution in [1.82, 2.24) is 19.4 Å². The summed E-state index contributed by atoms with van der Waals surface area (Å²) in [4.78, 5) is 10.6. The maximum atomic E-state index is 12.5. The second-order valence-electron chi connectivity index (χ2n) is 6.43. The van der Waals surface area contributed by atoms with E-state index < -0.39 is 10.0 Å². The summed E-state index contributed by atoms with van der Waals surface area (Å²) in [6, 6.07) is 5.98. The zero-order chi connectivity index (χ0) is 18.6. The number of aromatic nitrogens is 3. The molecule has 0 aromatic carbocycles. The molecule has 26 heavy (non-hydrogen) atoms. The van der Waals surface area contributed by atoms with Crippen molar-refractivity contribution in [1.29, 1.82) is 0 Å². The molecule has 9 nitrogen and oxygen atoms in total. The Balaban J connectivity index is 1.48. The Kier molecular flexibility index (Phi) is 5.72. The fourth-order valence-corrected chi connectivity index (χ4v) is 4.03. The molecule has 0 amide bonds. The van der Waals surface area contributed by atoms with E-state index in [1.807, 2.05) is 32.0 Å². The Bertz CT molecular complexity index is 800. The highest BCUT2D eigenvalue weighted by Crippen LogP contribution is 2.15. The first-order valence-corrected chi connectivity index (χ1v) is 10.3. The number of sulfonamides is 1. The van der Waals surface area contributed by atoms with E-state index >= 15 is 0 Å². The molecule has 1 saturated heterocycles. The van der Waals surface area contributed by atoms with Crippen LogP contribution in [0.25, 0.3) is 0 Å². The molecule has 0 atom stereocenters. The number of hydrogen-bond acceptors (Lipinski definition) is 8. The third-order valence-electron chi connectivity index (χ3n) is 4.20. The molecule has 10 heteroatoms. The zero-order valence-corrected chi connectivity index (χ0v) is 15.8. The first kappa shape index (κ1) is 18.6. The van der Waals surface area contributed by atoms with Gasteiger partial charge in [-0.1, -0.05) is 25.1 Å². The highest BCUT2D eigenvalue weighted by molar-refractivity contribution is 7.89. The largest absolute Gasteiger partial charge is 0.354 e. The predicted octanol–water partition coefficient (Wildman–Crippen LogP) is 1.15. The van der Waals surface area contributed by atoms with Crippen LogP contribution in [-0.4, -0.2) is 66.3 Å². The monoisotopic (exact) mass is 380 g/mol. The number of piperazine rings is 1. The summed E-state index contributed by atoms with van der Waals surface area (Å²) >= 11 is 0. The van der Waals surface area contributed by atoms with Gasteiger partial charge in [0.25, 0.3) is 0 Å². The van der Waals surface area contributed by atoms with Crippen LogP contribution < -0.4 is 10.2 Å². The van der Waals surface area contributed by atoms with Crippen molar-refractivity contribution < 1.29 is 12.9 Å². The molecule has 1 aliphatic rings. The molecular formula is C16H24N6O3S. The molecule has 3 rings (SSSR count). The van der Waals surface area contributed by atoms with Crippen LogP contribution in [0.5, 0.6) is 0 Å². The lowest BCUT2D eigenvalue weighted by molar-refractivity contribution is 0.384. The molecule has 2 aromatic rings. The van der Waals surface area contributed by atoms with Gasteiger partial charge in [-0.2, -0.15) is 9.29 Å². The normalized spacial score (nSPS) is 16.2. The van der Waals surface area contributed by atoms with Gasteiger partial charge in [-0.15, -0.1) is 0 Å². The van der Waals surface area contributed by atoms with Gasteiger partial charge in [-0.05, 0) is 12.1 Å². The van der Waals surface area contributed by atoms with Gasteiger partial charge in [-0.3, -0.25) is 0 Å². The summed E-state index contributed by atoms with van der Waals surface area (Å²) in [5, 5.41) is 6.72. The van der Waals surface area contributed by atoms with Crippen molar-refractivity contribution in [3.8, 4) is 0 Å². The molecule has 0 spiro atoms. The van der Waals surface area contributed by atoms with E-state index in [2.05, 4.69) is 25.3 Å². The van der Waals surface area contributed by atoms with E-state index in [1.165, 1.54) is 4.31 Å². The van der Waals surface area contributed by atoms with Crippen molar-refractivity contribution in [2.24, 2.45) is 0 Å². The van der Waals surface area contributed by atoms with Crippen LogP contribution in [0.3, 0.4) is 0 Å². The summed E-state index contributed by atoms with van der Waals surface area (Å²) in [7, 11) is -3.33. The molecule has 0 radical (unpaired) electrons. The topological polar surface area (TPSA) is 104 Å². The van der Waals surface area contributed by atoms with Crippen LogP contribution in [0.15, 0.2) is 28.9 Å². The highest BCUT2D eigenvalue weighted by atomic mass is 32.2. The average molecular weight is 380 g/mol. The molecule has 0 unspecified atom stereocenters. The Morgan fingerprint density at radius 1 is 1.23 bits per heavy atom. The molecule has 1 fully saturated rings. The minimum atomic E-state index is -3.33. The standard InChI is InChI=1S/C16H24N6O3S/c1-13(2)15-19-16(25-20-15)18-7-12-26(23,24)22-10-8-21(9-11-22)14-5-3-4-6-17-14/h3-6,13H,7-12H2,1-2H3,(H,18,19,20). The molecule has 142 valence electrons. The van der Waals surface area contributed by atoms with E-state index in [0.717, 1.165) is 5.82 Å². The number of rotatable bonds is 7. The number of nitrogens with zero attached hydrogens (tertiary/aromatic N) is 5. The van der Waals surface area contributed by atoms with E-state index in [1.54, 1.807) is 6.20 Å². The van der Waals surface area contributed by atoms with E-state index in [4.69, 9.17) is 4.52 Å². The van der Waals surface area contributed by atoms with Crippen LogP contribution in [0.2, 0.25) is 0 Å². The minimum Gasteiger partial charge on any atom is -0.354 e. The number of anilines is 2. The Morgan fingerprint density at radius 2 is 2.00 bits per heavy atom. The fraction of sp³-hybridized carbons (Fsp3) is 0.562. The lowest BCUT2D eigenvalue weighted by atomic mass is 10.2. The van der Waals surface area contributed by atoms with Gasteiger partial charge in [0.15, 0.2) is 5.82 Å². The van der Waals surface area contributed by atoms with Gasteiger partial charge in [0, 0.05) is 44.8 Å². The first-order chi connectivity index (χ1) is 12.5. The summed E-state index contributed by atoms with van der Waals surface area (Å²) in [6.45, 7) is 6.32. The minimum absolute atomic E-state index is 0.0179. The molecule has 0 aliphatic carbocycles. The molecule has 1 aliphatic heterocycles. The van der Waals surface area contributed by atoms with Crippen molar-refractivity contribution in [2.75, 3.05) is 48.7 Å². The summed E-state index contributed by atoms with van der Waals surface area (Å²) in [5.74, 6) is 1.62. The second-order valence-corrected chi connectivity index (χ2v) is 8.52. The third kappa shape index (κ3) is 4.50. The van der Waals surface area contributed by atoms with Gasteiger partial charge < -0.3 is 14.7 Å². The van der Waals surface area contributed by atoms with Crippen LogP contribution in [0, 0.1) is 0 Å². The van der Waals surface area contributed by atoms with Crippen LogP contribution in [0.4, 0.5) is 11.8 Å². The molecule has 0 bridgehead atoms. The Morgan fingerprint density at radius 3 is 2.62 bits per heavy atom. The molecular weight excluding hydrogens is 356 g/mol. The zero-order valence-electron chi connectivity index (χ0n) is 15.0. The lowest BCUT2D eigenvalue weighted by Gasteiger charge is -2.34. The average Bonchev–Trinajstić information content (AvgIpc) is 3.12. The van der Waals surface area contributed by atoms with E-state index in [0.29, 0.717) is 32.0 Å². The molecule has 2 aromatic heterocycles. The number of nitrogens with one attached hydrogen (secondary N) is 1. The van der Waals surface area contributed by atoms with Gasteiger partial charge in [0.1, 0.15) is 5.82 Å². The maximum Gasteiger partial charge on any atom is 0.321 e. The van der Waals surface area contributed by atoms with E-state index in [-0.39, 0.29) is 24.2 Å². The predicted molar refractivity (Wildman–Crippen MR) is 98.7 cm³/mol. The SMILES string of the molecule is CC(C)c1noc(NCCS(=O)(=O)N2CCN(c3ccccn3)CC2)n1. The third-order valence-corrected chi connectivity index (χ3v) is 6.07. The van der Waals surface area contributed by atoms with Crippen LogP contribution >= 0.6 is 0 Å². The highest BCUT2D eigenvalue weighted by Gasteiger charge is 2.27. The quantitative estimate of drug-likeness (QED) is 0.763. The summed E-state index contributed by atoms with van der Waals surface area (Å²) < 4.78 is 31.6. The second kappa shape index (κ2) is 8.00. The summed E-state index contributed by atoms with van der Waals surface area (Å²) in [5.41, 5.74) is 0. The van der Waals surface area contributed by atoms with Gasteiger partial charge in [-0.25, -0.2) is 13.4 Å². The van der Waals surface area contributed by atoms with Crippen molar-refractivity contribution in [3.63, 3.8) is 0 Å². The number of hydrogen-bond donors (Lipinski definition) is 1. The van der Waals surface area contributed by atoms with Gasteiger partial charge in [0.2, 0.25) is 10.0 Å². The maximum absolute atomic E-state index is 12.5. The van der Waals surface area contributed by atoms with Gasteiger partial charge in [0.05, 0.1) is 5.75 Å². The van der Waals surface area contributed by atoms with E-state index in [9.17, 15) is 8.42 Å². The lowest BCUT2D eigenvalue weighted by Crippen LogP contribution is -2.50. The smallest absolute Gasteiger partial charge is 0.321 e. The summed E-state index contributed by atoms with van der Waals surface area (Å²) in [6.07, 6.45) is 1.74. The number of pyridine rings is 1. The van der Waals surface area contributed by atoms with Crippen LogP contribution in [-0.2, 0) is 10.0 Å². The first-order valence-electron chi connectivity index (χ1n) is 8.67. The Hall–Kier alpha value is -2.20. The fourth-order valence-electron chi connectivity index (χ4n) is 2.69. The van der Waals surface area contributed by atoms with Crippen molar-refractivity contribution >= 4 is 21.9 Å².